The standard InChI is InChI=1S/2C5H8O3.H3O4P/c2*1-4(2-3-6)5(7)8;1-5(2,3)4/h2*6H,1-3H2,(H,7,8);(H3,1,2,3,4). The molecule has 0 aromatic carbocycles. The molecule has 0 heterocycles. The van der Waals surface area contributed by atoms with Crippen LogP contribution in [0.5, 0.6) is 0 Å². The number of hydrogen-bond acceptors (Lipinski definition) is 5. The monoisotopic (exact) mass is 330 g/mol. The van der Waals surface area contributed by atoms with Crippen LogP contribution in [0.3, 0.4) is 0 Å². The van der Waals surface area contributed by atoms with E-state index in [1.54, 1.807) is 0 Å². The van der Waals surface area contributed by atoms with Gasteiger partial charge in [-0.1, -0.05) is 13.2 Å². The molecule has 0 atom stereocenters. The summed E-state index contributed by atoms with van der Waals surface area (Å²) in [7, 11) is -4.64. The molecule has 10 nitrogen and oxygen atoms in total. The molecule has 7 N–H and O–H groups in total. The Balaban J connectivity index is -0.000000239. The topological polar surface area (TPSA) is 193 Å². The Bertz CT molecular complexity index is 360. The van der Waals surface area contributed by atoms with Crippen molar-refractivity contribution in [3.05, 3.63) is 24.3 Å². The Morgan fingerprint density at radius 1 is 0.810 bits per heavy atom. The van der Waals surface area contributed by atoms with Crippen LogP contribution in [0.4, 0.5) is 0 Å². The fourth-order valence-corrected chi connectivity index (χ4v) is 0.484. The first-order valence-electron chi connectivity index (χ1n) is 5.18. The summed E-state index contributed by atoms with van der Waals surface area (Å²) in [5, 5.41) is 32.5. The van der Waals surface area contributed by atoms with Crippen LogP contribution in [0.1, 0.15) is 12.8 Å². The van der Waals surface area contributed by atoms with Crippen molar-refractivity contribution in [2.24, 2.45) is 0 Å². The highest BCUT2D eigenvalue weighted by Crippen LogP contribution is 2.25. The van der Waals surface area contributed by atoms with Crippen molar-refractivity contribution in [3.8, 4) is 0 Å². The highest BCUT2D eigenvalue weighted by molar-refractivity contribution is 7.45. The lowest BCUT2D eigenvalue weighted by Crippen LogP contribution is -2.00. The van der Waals surface area contributed by atoms with Gasteiger partial charge < -0.3 is 35.1 Å². The Morgan fingerprint density at radius 3 is 1.05 bits per heavy atom. The molecular weight excluding hydrogens is 311 g/mol. The number of aliphatic carboxylic acids is 2. The molecule has 11 heteroatoms. The maximum absolute atomic E-state index is 9.88. The van der Waals surface area contributed by atoms with Gasteiger partial charge in [-0.05, 0) is 0 Å². The molecule has 124 valence electrons. The molecule has 0 spiro atoms. The molecule has 0 aliphatic rings. The highest BCUT2D eigenvalue weighted by Gasteiger charge is 2.01. The predicted molar refractivity (Wildman–Crippen MR) is 71.2 cm³/mol. The minimum Gasteiger partial charge on any atom is -0.478 e. The number of carboxylic acids is 2. The van der Waals surface area contributed by atoms with Gasteiger partial charge in [-0.2, -0.15) is 0 Å². The lowest BCUT2D eigenvalue weighted by Gasteiger charge is -1.91. The van der Waals surface area contributed by atoms with E-state index in [4.69, 9.17) is 39.7 Å². The molecule has 0 fully saturated rings. The van der Waals surface area contributed by atoms with Gasteiger partial charge in [0.25, 0.3) is 0 Å². The third-order valence-corrected chi connectivity index (χ3v) is 1.43. The second-order valence-electron chi connectivity index (χ2n) is 3.28. The van der Waals surface area contributed by atoms with E-state index in [1.165, 1.54) is 0 Å². The van der Waals surface area contributed by atoms with Crippen LogP contribution < -0.4 is 0 Å². The summed E-state index contributed by atoms with van der Waals surface area (Å²) in [6, 6.07) is 0. The second kappa shape index (κ2) is 13.4. The van der Waals surface area contributed by atoms with Crippen LogP contribution in [0.2, 0.25) is 0 Å². The van der Waals surface area contributed by atoms with Gasteiger partial charge in [0.2, 0.25) is 0 Å². The Kier molecular flexibility index (Phi) is 15.7. The molecule has 0 aliphatic carbocycles. The third-order valence-electron chi connectivity index (χ3n) is 1.43. The summed E-state index contributed by atoms with van der Waals surface area (Å²) in [5.74, 6) is -2.09. The number of aliphatic hydroxyl groups excluding tert-OH is 2. The quantitative estimate of drug-likeness (QED) is 0.237. The van der Waals surface area contributed by atoms with Gasteiger partial charge >= 0.3 is 19.8 Å². The minimum atomic E-state index is -4.64. The number of rotatable bonds is 6. The fraction of sp³-hybridized carbons (Fsp3) is 0.400. The van der Waals surface area contributed by atoms with Crippen molar-refractivity contribution in [1.82, 2.24) is 0 Å². The number of carboxylic acid groups (broad SMARTS) is 2. The molecule has 0 radical (unpaired) electrons. The third kappa shape index (κ3) is 32.2. The van der Waals surface area contributed by atoms with Crippen molar-refractivity contribution >= 4 is 19.8 Å². The lowest BCUT2D eigenvalue weighted by molar-refractivity contribution is -0.133. The molecule has 0 amide bonds. The minimum absolute atomic E-state index is 0.0486. The van der Waals surface area contributed by atoms with E-state index in [1.807, 2.05) is 0 Å². The smallest absolute Gasteiger partial charge is 0.466 e. The first kappa shape index (κ1) is 24.5. The van der Waals surface area contributed by atoms with E-state index >= 15 is 0 Å². The SMILES string of the molecule is C=C(CCO)C(=O)O.C=C(CCO)C(=O)O.O=P(O)(O)O. The van der Waals surface area contributed by atoms with Crippen LogP contribution in [-0.2, 0) is 14.2 Å². The van der Waals surface area contributed by atoms with Gasteiger partial charge in [0.15, 0.2) is 0 Å². The summed E-state index contributed by atoms with van der Waals surface area (Å²) in [4.78, 5) is 41.3. The van der Waals surface area contributed by atoms with Gasteiger partial charge in [-0.25, -0.2) is 14.2 Å². The highest BCUT2D eigenvalue weighted by atomic mass is 31.2. The van der Waals surface area contributed by atoms with E-state index in [9.17, 15) is 9.59 Å². The van der Waals surface area contributed by atoms with Gasteiger partial charge in [0, 0.05) is 37.2 Å². The summed E-state index contributed by atoms with van der Waals surface area (Å²) in [6.07, 6.45) is 0.296. The molecule has 0 saturated heterocycles. The molecule has 0 aliphatic heterocycles. The first-order chi connectivity index (χ1) is 9.36. The van der Waals surface area contributed by atoms with E-state index in [0.717, 1.165) is 0 Å². The predicted octanol–water partition coefficient (Wildman–Crippen LogP) is -0.909. The zero-order valence-electron chi connectivity index (χ0n) is 11.0. The van der Waals surface area contributed by atoms with E-state index in [-0.39, 0.29) is 37.2 Å². The Labute approximate surface area is 120 Å². The fourth-order valence-electron chi connectivity index (χ4n) is 0.484. The molecule has 0 rings (SSSR count). The summed E-state index contributed by atoms with van der Waals surface area (Å²) in [6.45, 7) is 6.07. The van der Waals surface area contributed by atoms with Crippen LogP contribution in [0, 0.1) is 0 Å². The van der Waals surface area contributed by atoms with Crippen molar-refractivity contribution in [3.63, 3.8) is 0 Å². The number of hydrogen-bond donors (Lipinski definition) is 7. The Hall–Kier alpha value is -1.55. The average Bonchev–Trinajstić information content (AvgIpc) is 2.28. The van der Waals surface area contributed by atoms with Gasteiger partial charge in [0.05, 0.1) is 0 Å². The summed E-state index contributed by atoms with van der Waals surface area (Å²) >= 11 is 0. The lowest BCUT2D eigenvalue weighted by atomic mass is 10.2. The van der Waals surface area contributed by atoms with Crippen molar-refractivity contribution < 1.29 is 49.3 Å². The average molecular weight is 330 g/mol. The number of phosphoric acid groups is 1. The molecule has 21 heavy (non-hydrogen) atoms. The van der Waals surface area contributed by atoms with Crippen LogP contribution in [0.25, 0.3) is 0 Å². The molecular formula is C10H19O10P. The molecule has 0 aromatic heterocycles. The first-order valence-corrected chi connectivity index (χ1v) is 6.75. The maximum Gasteiger partial charge on any atom is 0.466 e. The van der Waals surface area contributed by atoms with Crippen molar-refractivity contribution in [1.29, 1.82) is 0 Å². The molecule has 0 bridgehead atoms. The van der Waals surface area contributed by atoms with Gasteiger partial charge in [0.1, 0.15) is 0 Å². The largest absolute Gasteiger partial charge is 0.478 e. The van der Waals surface area contributed by atoms with E-state index < -0.39 is 19.8 Å². The normalized spacial score (nSPS) is 9.38. The zero-order valence-corrected chi connectivity index (χ0v) is 11.9. The Morgan fingerprint density at radius 2 is 1.00 bits per heavy atom. The number of carbonyl (C=O) groups is 2. The molecule has 0 unspecified atom stereocenters. The van der Waals surface area contributed by atoms with Gasteiger partial charge in [-0.3, -0.25) is 0 Å². The number of aliphatic hydroxyl groups is 2. The molecule has 0 aromatic rings. The van der Waals surface area contributed by atoms with Crippen molar-refractivity contribution in [2.75, 3.05) is 13.2 Å². The molecule has 0 saturated carbocycles. The van der Waals surface area contributed by atoms with Crippen LogP contribution in [-0.4, -0.2) is 60.3 Å². The van der Waals surface area contributed by atoms with Crippen LogP contribution in [0.15, 0.2) is 24.3 Å². The summed E-state index contributed by atoms with van der Waals surface area (Å²) < 4.78 is 8.88. The summed E-state index contributed by atoms with van der Waals surface area (Å²) in [5.41, 5.74) is 0.0972. The van der Waals surface area contributed by atoms with E-state index in [0.29, 0.717) is 0 Å². The second-order valence-corrected chi connectivity index (χ2v) is 4.30. The zero-order chi connectivity index (χ0) is 17.6. The van der Waals surface area contributed by atoms with Crippen molar-refractivity contribution in [2.45, 2.75) is 12.8 Å². The van der Waals surface area contributed by atoms with E-state index in [2.05, 4.69) is 13.2 Å². The van der Waals surface area contributed by atoms with Crippen LogP contribution >= 0.6 is 7.82 Å². The van der Waals surface area contributed by atoms with Gasteiger partial charge in [-0.15, -0.1) is 0 Å². The maximum atomic E-state index is 9.88.